The summed E-state index contributed by atoms with van der Waals surface area (Å²) in [6.45, 7) is -0.350. The van der Waals surface area contributed by atoms with Gasteiger partial charge in [-0.25, -0.2) is 13.4 Å². The number of rotatable bonds is 4. The van der Waals surface area contributed by atoms with Crippen molar-refractivity contribution < 1.29 is 22.7 Å². The molecule has 20 heavy (non-hydrogen) atoms. The normalized spacial score (nSPS) is 20.8. The summed E-state index contributed by atoms with van der Waals surface area (Å²) in [5.74, 6) is -1.70. The molecule has 0 saturated carbocycles. The molecule has 1 unspecified atom stereocenters. The minimum atomic E-state index is -3.17. The first-order valence-corrected chi connectivity index (χ1v) is 7.99. The second-order valence-electron chi connectivity index (χ2n) is 4.62. The van der Waals surface area contributed by atoms with Gasteiger partial charge in [-0.2, -0.15) is 4.39 Å². The molecule has 2 rings (SSSR count). The molecule has 1 aliphatic heterocycles. The van der Waals surface area contributed by atoms with E-state index in [1.165, 1.54) is 23.2 Å². The van der Waals surface area contributed by atoms with E-state index in [2.05, 4.69) is 4.98 Å². The Morgan fingerprint density at radius 3 is 2.85 bits per heavy atom. The second-order valence-corrected chi connectivity index (χ2v) is 6.85. The van der Waals surface area contributed by atoms with Crippen LogP contribution in [0.25, 0.3) is 0 Å². The number of pyridine rings is 1. The van der Waals surface area contributed by atoms with Crippen LogP contribution in [0.2, 0.25) is 0 Å². The van der Waals surface area contributed by atoms with Crippen LogP contribution in [0.1, 0.15) is 16.8 Å². The van der Waals surface area contributed by atoms with Gasteiger partial charge in [0.2, 0.25) is 5.95 Å². The maximum absolute atomic E-state index is 13.5. The largest absolute Gasteiger partial charge is 0.395 e. The number of aromatic nitrogens is 1. The quantitative estimate of drug-likeness (QED) is 0.781. The van der Waals surface area contributed by atoms with Crippen LogP contribution < -0.4 is 0 Å². The molecule has 1 aliphatic rings. The summed E-state index contributed by atoms with van der Waals surface area (Å²) >= 11 is 0. The Hall–Kier alpha value is -1.54. The molecule has 0 aliphatic carbocycles. The van der Waals surface area contributed by atoms with E-state index in [0.29, 0.717) is 6.42 Å². The van der Waals surface area contributed by atoms with Gasteiger partial charge < -0.3 is 10.0 Å². The van der Waals surface area contributed by atoms with E-state index in [1.54, 1.807) is 0 Å². The highest BCUT2D eigenvalue weighted by atomic mass is 32.2. The Labute approximate surface area is 116 Å². The highest BCUT2D eigenvalue weighted by molar-refractivity contribution is 7.91. The van der Waals surface area contributed by atoms with Gasteiger partial charge in [0, 0.05) is 18.8 Å². The predicted molar refractivity (Wildman–Crippen MR) is 69.4 cm³/mol. The molecule has 2 heterocycles. The summed E-state index contributed by atoms with van der Waals surface area (Å²) in [6.07, 6.45) is 1.53. The molecular weight excluding hydrogens is 287 g/mol. The van der Waals surface area contributed by atoms with Gasteiger partial charge in [-0.1, -0.05) is 0 Å². The SMILES string of the molecule is O=C(c1cccnc1F)N(CCO)C1CCS(=O)(=O)C1. The molecule has 1 aromatic heterocycles. The maximum Gasteiger partial charge on any atom is 0.258 e. The van der Waals surface area contributed by atoms with Gasteiger partial charge in [0.05, 0.1) is 23.7 Å². The topological polar surface area (TPSA) is 87.6 Å². The van der Waals surface area contributed by atoms with Crippen LogP contribution in [0, 0.1) is 5.95 Å². The number of amides is 1. The minimum Gasteiger partial charge on any atom is -0.395 e. The van der Waals surface area contributed by atoms with Crippen LogP contribution in [0.3, 0.4) is 0 Å². The third-order valence-electron chi connectivity index (χ3n) is 3.24. The lowest BCUT2D eigenvalue weighted by atomic mass is 10.1. The molecule has 0 spiro atoms. The van der Waals surface area contributed by atoms with Gasteiger partial charge in [0.25, 0.3) is 5.91 Å². The van der Waals surface area contributed by atoms with Gasteiger partial charge >= 0.3 is 0 Å². The summed E-state index contributed by atoms with van der Waals surface area (Å²) < 4.78 is 36.5. The fraction of sp³-hybridized carbons (Fsp3) is 0.500. The molecule has 1 aromatic rings. The molecular formula is C12H15FN2O4S. The fourth-order valence-electron chi connectivity index (χ4n) is 2.28. The van der Waals surface area contributed by atoms with Crippen LogP contribution >= 0.6 is 0 Å². The Kier molecular flexibility index (Phi) is 4.34. The Bertz CT molecular complexity index is 605. The highest BCUT2D eigenvalue weighted by Gasteiger charge is 2.35. The number of hydrogen-bond donors (Lipinski definition) is 1. The van der Waals surface area contributed by atoms with E-state index in [4.69, 9.17) is 5.11 Å². The number of carbonyl (C=O) groups is 1. The van der Waals surface area contributed by atoms with Crippen LogP contribution in [-0.2, 0) is 9.84 Å². The second kappa shape index (κ2) is 5.84. The Morgan fingerprint density at radius 2 is 2.30 bits per heavy atom. The maximum atomic E-state index is 13.5. The molecule has 1 fully saturated rings. The van der Waals surface area contributed by atoms with Crippen LogP contribution in [0.5, 0.6) is 0 Å². The number of nitrogens with zero attached hydrogens (tertiary/aromatic N) is 2. The number of hydrogen-bond acceptors (Lipinski definition) is 5. The van der Waals surface area contributed by atoms with Gasteiger partial charge in [0.1, 0.15) is 0 Å². The van der Waals surface area contributed by atoms with Crippen LogP contribution in [-0.4, -0.2) is 60.0 Å². The van der Waals surface area contributed by atoms with E-state index in [9.17, 15) is 17.6 Å². The first kappa shape index (κ1) is 14.9. The monoisotopic (exact) mass is 302 g/mol. The lowest BCUT2D eigenvalue weighted by molar-refractivity contribution is 0.0649. The summed E-state index contributed by atoms with van der Waals surface area (Å²) in [7, 11) is -3.17. The zero-order valence-electron chi connectivity index (χ0n) is 10.7. The first-order chi connectivity index (χ1) is 9.44. The van der Waals surface area contributed by atoms with E-state index >= 15 is 0 Å². The Morgan fingerprint density at radius 1 is 1.55 bits per heavy atom. The minimum absolute atomic E-state index is 0.00238. The number of aliphatic hydroxyl groups is 1. The zero-order valence-corrected chi connectivity index (χ0v) is 11.5. The molecule has 0 bridgehead atoms. The average molecular weight is 302 g/mol. The predicted octanol–water partition coefficient (Wildman–Crippen LogP) is -0.158. The molecule has 1 saturated heterocycles. The van der Waals surface area contributed by atoms with Crippen molar-refractivity contribution in [2.75, 3.05) is 24.7 Å². The van der Waals surface area contributed by atoms with Crippen molar-refractivity contribution in [1.82, 2.24) is 9.88 Å². The van der Waals surface area contributed by atoms with E-state index in [1.807, 2.05) is 0 Å². The van der Waals surface area contributed by atoms with Gasteiger partial charge in [-0.15, -0.1) is 0 Å². The number of sulfone groups is 1. The third-order valence-corrected chi connectivity index (χ3v) is 4.99. The highest BCUT2D eigenvalue weighted by Crippen LogP contribution is 2.20. The summed E-state index contributed by atoms with van der Waals surface area (Å²) in [4.78, 5) is 16.9. The molecule has 6 nitrogen and oxygen atoms in total. The number of carbonyl (C=O) groups excluding carboxylic acids is 1. The third kappa shape index (κ3) is 3.13. The zero-order chi connectivity index (χ0) is 14.8. The van der Waals surface area contributed by atoms with Gasteiger partial charge in [0.15, 0.2) is 9.84 Å². The van der Waals surface area contributed by atoms with Crippen molar-refractivity contribution in [2.24, 2.45) is 0 Å². The van der Waals surface area contributed by atoms with Gasteiger partial charge in [-0.05, 0) is 18.6 Å². The van der Waals surface area contributed by atoms with E-state index in [-0.39, 0.29) is 30.2 Å². The standard InChI is InChI=1S/C12H15FN2O4S/c13-11-10(2-1-4-14-11)12(17)15(5-6-16)9-3-7-20(18,19)8-9/h1-2,4,9,16H,3,5-8H2. The summed E-state index contributed by atoms with van der Waals surface area (Å²) in [6, 6.07) is 2.19. The lowest BCUT2D eigenvalue weighted by Gasteiger charge is -2.27. The molecule has 110 valence electrons. The molecule has 0 aromatic carbocycles. The molecule has 1 atom stereocenters. The van der Waals surface area contributed by atoms with E-state index in [0.717, 1.165) is 0 Å². The summed E-state index contributed by atoms with van der Waals surface area (Å²) in [5.41, 5.74) is -0.217. The van der Waals surface area contributed by atoms with Crippen molar-refractivity contribution >= 4 is 15.7 Å². The molecule has 0 radical (unpaired) electrons. The molecule has 8 heteroatoms. The fourth-order valence-corrected chi connectivity index (χ4v) is 4.01. The van der Waals surface area contributed by atoms with Crippen molar-refractivity contribution in [3.8, 4) is 0 Å². The van der Waals surface area contributed by atoms with Crippen molar-refractivity contribution in [3.63, 3.8) is 0 Å². The van der Waals surface area contributed by atoms with Crippen molar-refractivity contribution in [2.45, 2.75) is 12.5 Å². The summed E-state index contributed by atoms with van der Waals surface area (Å²) in [5, 5.41) is 9.04. The lowest BCUT2D eigenvalue weighted by Crippen LogP contribution is -2.43. The number of aliphatic hydroxyl groups excluding tert-OH is 1. The van der Waals surface area contributed by atoms with Gasteiger partial charge in [-0.3, -0.25) is 4.79 Å². The smallest absolute Gasteiger partial charge is 0.258 e. The van der Waals surface area contributed by atoms with E-state index < -0.39 is 27.7 Å². The van der Waals surface area contributed by atoms with Crippen molar-refractivity contribution in [3.05, 3.63) is 29.8 Å². The average Bonchev–Trinajstić information content (AvgIpc) is 2.76. The van der Waals surface area contributed by atoms with Crippen LogP contribution in [0.4, 0.5) is 4.39 Å². The Balaban J connectivity index is 2.25. The molecule has 1 N–H and O–H groups in total. The molecule has 1 amide bonds. The first-order valence-electron chi connectivity index (χ1n) is 6.17. The number of halogens is 1. The van der Waals surface area contributed by atoms with Crippen molar-refractivity contribution in [1.29, 1.82) is 0 Å². The van der Waals surface area contributed by atoms with Crippen LogP contribution in [0.15, 0.2) is 18.3 Å².